The van der Waals surface area contributed by atoms with Gasteiger partial charge in [-0.2, -0.15) is 0 Å². The average molecular weight is 220 g/mol. The molecule has 0 aliphatic heterocycles. The van der Waals surface area contributed by atoms with E-state index in [2.05, 4.69) is 19.2 Å². The van der Waals surface area contributed by atoms with Gasteiger partial charge in [-0.25, -0.2) is 4.79 Å². The number of hydrogen-bond donors (Lipinski definition) is 1. The highest BCUT2D eigenvalue weighted by Gasteiger charge is 2.06. The van der Waals surface area contributed by atoms with Crippen LogP contribution in [0.3, 0.4) is 0 Å². The molecule has 0 saturated heterocycles. The lowest BCUT2D eigenvalue weighted by molar-refractivity contribution is 0.528. The van der Waals surface area contributed by atoms with Crippen molar-refractivity contribution in [3.63, 3.8) is 0 Å². The molecule has 0 aliphatic carbocycles. The smallest absolute Gasteiger partial charge is 0.408 e. The van der Waals surface area contributed by atoms with Crippen molar-refractivity contribution >= 4 is 11.1 Å². The Morgan fingerprint density at radius 2 is 2.19 bits per heavy atom. The zero-order valence-electron chi connectivity index (χ0n) is 9.78. The van der Waals surface area contributed by atoms with Crippen LogP contribution < -0.4 is 11.1 Å². The summed E-state index contributed by atoms with van der Waals surface area (Å²) in [6, 6.07) is 6.24. The molecule has 4 heteroatoms. The van der Waals surface area contributed by atoms with Crippen LogP contribution >= 0.6 is 0 Å². The van der Waals surface area contributed by atoms with Crippen LogP contribution in [0.5, 0.6) is 0 Å². The predicted molar refractivity (Wildman–Crippen MR) is 63.4 cm³/mol. The number of oxazole rings is 1. The van der Waals surface area contributed by atoms with E-state index in [-0.39, 0.29) is 5.76 Å². The number of benzene rings is 1. The maximum atomic E-state index is 11.3. The molecule has 1 heterocycles. The van der Waals surface area contributed by atoms with E-state index in [1.807, 2.05) is 18.2 Å². The van der Waals surface area contributed by atoms with Gasteiger partial charge in [0, 0.05) is 19.6 Å². The lowest BCUT2D eigenvalue weighted by Crippen LogP contribution is -2.21. The molecular weight excluding hydrogens is 204 g/mol. The summed E-state index contributed by atoms with van der Waals surface area (Å²) in [5, 5.41) is 3.33. The van der Waals surface area contributed by atoms with Gasteiger partial charge < -0.3 is 9.73 Å². The van der Waals surface area contributed by atoms with Crippen LogP contribution in [0, 0.1) is 0 Å². The molecule has 1 aromatic carbocycles. The fourth-order valence-corrected chi connectivity index (χ4v) is 1.60. The summed E-state index contributed by atoms with van der Waals surface area (Å²) < 4.78 is 6.59. The van der Waals surface area contributed by atoms with Gasteiger partial charge in [-0.3, -0.25) is 4.57 Å². The van der Waals surface area contributed by atoms with Gasteiger partial charge >= 0.3 is 5.76 Å². The Hall–Kier alpha value is -1.55. The molecule has 0 unspecified atom stereocenters. The molecule has 2 rings (SSSR count). The first-order valence-electron chi connectivity index (χ1n) is 5.40. The number of fused-ring (bicyclic) bond motifs is 1. The standard InChI is InChI=1S/C12H16N2O2/c1-8(2)13-7-9-4-5-11-10(6-9)14(3)12(15)16-11/h4-6,8,13H,7H2,1-3H3. The summed E-state index contributed by atoms with van der Waals surface area (Å²) >= 11 is 0. The Bertz CT molecular complexity index is 552. The van der Waals surface area contributed by atoms with E-state index in [1.54, 1.807) is 7.05 Å². The Morgan fingerprint density at radius 1 is 1.44 bits per heavy atom. The molecule has 86 valence electrons. The normalized spacial score (nSPS) is 11.5. The molecule has 4 nitrogen and oxygen atoms in total. The van der Waals surface area contributed by atoms with Crippen molar-refractivity contribution in [1.82, 2.24) is 9.88 Å². The number of aromatic nitrogens is 1. The van der Waals surface area contributed by atoms with E-state index < -0.39 is 0 Å². The van der Waals surface area contributed by atoms with Gasteiger partial charge in [-0.1, -0.05) is 19.9 Å². The summed E-state index contributed by atoms with van der Waals surface area (Å²) in [6.07, 6.45) is 0. The molecule has 0 saturated carbocycles. The lowest BCUT2D eigenvalue weighted by Gasteiger charge is -2.07. The van der Waals surface area contributed by atoms with Crippen LogP contribution in [-0.2, 0) is 13.6 Å². The Balaban J connectivity index is 2.35. The van der Waals surface area contributed by atoms with Crippen molar-refractivity contribution in [2.75, 3.05) is 0 Å². The minimum atomic E-state index is -0.316. The van der Waals surface area contributed by atoms with E-state index in [9.17, 15) is 4.79 Å². The Kier molecular flexibility index (Phi) is 2.83. The summed E-state index contributed by atoms with van der Waals surface area (Å²) in [7, 11) is 1.72. The SMILES string of the molecule is CC(C)NCc1ccc2oc(=O)n(C)c2c1. The molecule has 1 N–H and O–H groups in total. The molecule has 16 heavy (non-hydrogen) atoms. The van der Waals surface area contributed by atoms with Crippen molar-refractivity contribution in [3.8, 4) is 0 Å². The van der Waals surface area contributed by atoms with Crippen LogP contribution in [0.4, 0.5) is 0 Å². The minimum absolute atomic E-state index is 0.316. The van der Waals surface area contributed by atoms with Gasteiger partial charge in [-0.15, -0.1) is 0 Å². The van der Waals surface area contributed by atoms with E-state index >= 15 is 0 Å². The third-order valence-corrected chi connectivity index (χ3v) is 2.57. The molecule has 0 radical (unpaired) electrons. The van der Waals surface area contributed by atoms with E-state index in [1.165, 1.54) is 4.57 Å². The van der Waals surface area contributed by atoms with Gasteiger partial charge in [0.25, 0.3) is 0 Å². The lowest BCUT2D eigenvalue weighted by atomic mass is 10.2. The fraction of sp³-hybridized carbons (Fsp3) is 0.417. The van der Waals surface area contributed by atoms with Crippen molar-refractivity contribution in [3.05, 3.63) is 34.3 Å². The number of hydrogen-bond acceptors (Lipinski definition) is 3. The van der Waals surface area contributed by atoms with Gasteiger partial charge in [0.2, 0.25) is 0 Å². The summed E-state index contributed by atoms with van der Waals surface area (Å²) in [5.41, 5.74) is 2.63. The molecule has 1 aromatic heterocycles. The van der Waals surface area contributed by atoms with E-state index in [0.29, 0.717) is 11.6 Å². The predicted octanol–water partition coefficient (Wildman–Crippen LogP) is 1.63. The second-order valence-electron chi connectivity index (χ2n) is 4.26. The Labute approximate surface area is 93.9 Å². The summed E-state index contributed by atoms with van der Waals surface area (Å²) in [4.78, 5) is 11.3. The highest BCUT2D eigenvalue weighted by Crippen LogP contribution is 2.14. The molecule has 0 atom stereocenters. The number of nitrogens with zero attached hydrogens (tertiary/aromatic N) is 1. The number of rotatable bonds is 3. The molecule has 0 bridgehead atoms. The largest absolute Gasteiger partial charge is 0.419 e. The summed E-state index contributed by atoms with van der Waals surface area (Å²) in [5.74, 6) is -0.316. The highest BCUT2D eigenvalue weighted by molar-refractivity contribution is 5.73. The van der Waals surface area contributed by atoms with Crippen LogP contribution in [0.25, 0.3) is 11.1 Å². The van der Waals surface area contributed by atoms with Crippen molar-refractivity contribution in [2.24, 2.45) is 7.05 Å². The third-order valence-electron chi connectivity index (χ3n) is 2.57. The van der Waals surface area contributed by atoms with Crippen LogP contribution in [-0.4, -0.2) is 10.6 Å². The topological polar surface area (TPSA) is 47.2 Å². The van der Waals surface area contributed by atoms with E-state index in [4.69, 9.17) is 4.42 Å². The third kappa shape index (κ3) is 2.02. The fourth-order valence-electron chi connectivity index (χ4n) is 1.60. The van der Waals surface area contributed by atoms with Crippen LogP contribution in [0.1, 0.15) is 19.4 Å². The highest BCUT2D eigenvalue weighted by atomic mass is 16.4. The van der Waals surface area contributed by atoms with Crippen molar-refractivity contribution < 1.29 is 4.42 Å². The molecule has 0 aliphatic rings. The average Bonchev–Trinajstić information content (AvgIpc) is 2.52. The number of aryl methyl sites for hydroxylation is 1. The van der Waals surface area contributed by atoms with Gasteiger partial charge in [0.15, 0.2) is 5.58 Å². The van der Waals surface area contributed by atoms with Crippen molar-refractivity contribution in [2.45, 2.75) is 26.4 Å². The van der Waals surface area contributed by atoms with Crippen LogP contribution in [0.2, 0.25) is 0 Å². The summed E-state index contributed by atoms with van der Waals surface area (Å²) in [6.45, 7) is 5.01. The first kappa shape index (κ1) is 11.0. The van der Waals surface area contributed by atoms with Gasteiger partial charge in [0.05, 0.1) is 5.52 Å². The molecule has 0 fully saturated rings. The zero-order chi connectivity index (χ0) is 11.7. The minimum Gasteiger partial charge on any atom is -0.408 e. The van der Waals surface area contributed by atoms with Gasteiger partial charge in [-0.05, 0) is 17.7 Å². The maximum absolute atomic E-state index is 11.3. The van der Waals surface area contributed by atoms with E-state index in [0.717, 1.165) is 17.6 Å². The molecule has 0 amide bonds. The molecular formula is C12H16N2O2. The zero-order valence-corrected chi connectivity index (χ0v) is 9.78. The first-order valence-corrected chi connectivity index (χ1v) is 5.40. The van der Waals surface area contributed by atoms with Crippen molar-refractivity contribution in [1.29, 1.82) is 0 Å². The quantitative estimate of drug-likeness (QED) is 0.855. The van der Waals surface area contributed by atoms with Crippen LogP contribution in [0.15, 0.2) is 27.4 Å². The molecule has 2 aromatic rings. The monoisotopic (exact) mass is 220 g/mol. The van der Waals surface area contributed by atoms with Gasteiger partial charge in [0.1, 0.15) is 0 Å². The molecule has 0 spiro atoms. The first-order chi connectivity index (χ1) is 7.58. The Morgan fingerprint density at radius 3 is 2.88 bits per heavy atom. The second-order valence-corrected chi connectivity index (χ2v) is 4.26. The second kappa shape index (κ2) is 4.14. The maximum Gasteiger partial charge on any atom is 0.419 e. The number of nitrogens with one attached hydrogen (secondary N) is 1.